The fourth-order valence-electron chi connectivity index (χ4n) is 3.48. The van der Waals surface area contributed by atoms with Crippen molar-refractivity contribution in [2.75, 3.05) is 18.5 Å². The highest BCUT2D eigenvalue weighted by atomic mass is 16.5. The number of phenols is 1. The Balaban J connectivity index is 1.52. The zero-order valence-corrected chi connectivity index (χ0v) is 12.5. The summed E-state index contributed by atoms with van der Waals surface area (Å²) in [6.45, 7) is 3.66. The van der Waals surface area contributed by atoms with Gasteiger partial charge >= 0.3 is 0 Å². The monoisotopic (exact) mass is 297 g/mol. The summed E-state index contributed by atoms with van der Waals surface area (Å²) in [7, 11) is 0. The van der Waals surface area contributed by atoms with Gasteiger partial charge in [0.25, 0.3) is 0 Å². The van der Waals surface area contributed by atoms with Gasteiger partial charge in [-0.3, -0.25) is 0 Å². The van der Waals surface area contributed by atoms with E-state index in [9.17, 15) is 5.11 Å². The zero-order chi connectivity index (χ0) is 15.2. The number of phenolic OH excluding ortho intramolecular Hbond substituents is 1. The molecule has 0 amide bonds. The Bertz CT molecular complexity index is 705. The quantitative estimate of drug-likeness (QED) is 0.908. The molecule has 5 heteroatoms. The molecule has 5 rings (SSSR count). The van der Waals surface area contributed by atoms with E-state index in [2.05, 4.69) is 15.5 Å². The first kappa shape index (κ1) is 13.5. The third-order valence-corrected chi connectivity index (χ3v) is 4.68. The molecule has 2 saturated heterocycles. The number of aryl methyl sites for hydroxylation is 1. The number of nitrogens with one attached hydrogen (secondary N) is 1. The lowest BCUT2D eigenvalue weighted by Crippen LogP contribution is -2.43. The van der Waals surface area contributed by atoms with E-state index in [0.717, 1.165) is 43.3 Å². The van der Waals surface area contributed by atoms with E-state index < -0.39 is 0 Å². The van der Waals surface area contributed by atoms with Crippen molar-refractivity contribution in [3.63, 3.8) is 0 Å². The van der Waals surface area contributed by atoms with Crippen LogP contribution in [0.15, 0.2) is 30.3 Å². The molecule has 114 valence electrons. The molecule has 1 aromatic heterocycles. The van der Waals surface area contributed by atoms with Crippen molar-refractivity contribution in [2.24, 2.45) is 5.92 Å². The van der Waals surface area contributed by atoms with E-state index in [-0.39, 0.29) is 11.4 Å². The van der Waals surface area contributed by atoms with Crippen LogP contribution in [-0.4, -0.2) is 34.1 Å². The summed E-state index contributed by atoms with van der Waals surface area (Å²) in [5.41, 5.74) is 2.42. The second-order valence-corrected chi connectivity index (χ2v) is 6.40. The molecule has 0 unspecified atom stereocenters. The third kappa shape index (κ3) is 2.22. The van der Waals surface area contributed by atoms with Crippen molar-refractivity contribution in [3.05, 3.63) is 35.9 Å². The average Bonchev–Trinajstić information content (AvgIpc) is 3.07. The second kappa shape index (κ2) is 4.95. The van der Waals surface area contributed by atoms with Gasteiger partial charge < -0.3 is 15.2 Å². The molecule has 2 aliphatic heterocycles. The molecule has 22 heavy (non-hydrogen) atoms. The number of hydrogen-bond donors (Lipinski definition) is 2. The predicted octanol–water partition coefficient (Wildman–Crippen LogP) is 2.75. The van der Waals surface area contributed by atoms with Crippen LogP contribution < -0.4 is 5.32 Å². The number of benzene rings is 1. The molecule has 2 bridgehead atoms. The molecule has 2 N–H and O–H groups in total. The van der Waals surface area contributed by atoms with Gasteiger partial charge in [-0.15, -0.1) is 10.2 Å². The number of anilines is 1. The smallest absolute Gasteiger partial charge is 0.149 e. The Labute approximate surface area is 129 Å². The minimum atomic E-state index is 0.0244. The fourth-order valence-corrected chi connectivity index (χ4v) is 3.48. The first-order valence-electron chi connectivity index (χ1n) is 7.66. The molecule has 3 heterocycles. The highest BCUT2D eigenvalue weighted by Gasteiger charge is 2.51. The standard InChI is InChI=1S/C17H19N3O2/c1-11-6-15(18-10-17-7-12(8-17)9-22-17)19-20-16(11)13-4-2-3-5-14(13)21/h2-6,12,21H,7-10H2,1H3,(H,18,19). The Morgan fingerprint density at radius 2 is 2.14 bits per heavy atom. The number of para-hydroxylation sites is 1. The third-order valence-electron chi connectivity index (χ3n) is 4.68. The largest absolute Gasteiger partial charge is 0.507 e. The van der Waals surface area contributed by atoms with Gasteiger partial charge in [-0.05, 0) is 49.4 Å². The van der Waals surface area contributed by atoms with Crippen molar-refractivity contribution in [1.82, 2.24) is 10.2 Å². The van der Waals surface area contributed by atoms with Crippen LogP contribution in [0.2, 0.25) is 0 Å². The lowest BCUT2D eigenvalue weighted by Gasteiger charge is -2.36. The Hall–Kier alpha value is -2.14. The maximum absolute atomic E-state index is 9.94. The van der Waals surface area contributed by atoms with Crippen LogP contribution in [0.1, 0.15) is 18.4 Å². The molecule has 2 aromatic rings. The lowest BCUT2D eigenvalue weighted by atomic mass is 9.74. The van der Waals surface area contributed by atoms with Crippen molar-refractivity contribution in [1.29, 1.82) is 0 Å². The fraction of sp³-hybridized carbons (Fsp3) is 0.412. The van der Waals surface area contributed by atoms with Crippen LogP contribution in [0.3, 0.4) is 0 Å². The van der Waals surface area contributed by atoms with Gasteiger partial charge in [0.1, 0.15) is 11.6 Å². The number of hydrogen-bond acceptors (Lipinski definition) is 5. The molecule has 5 nitrogen and oxygen atoms in total. The number of aromatic nitrogens is 2. The summed E-state index contributed by atoms with van der Waals surface area (Å²) in [5, 5.41) is 21.8. The van der Waals surface area contributed by atoms with Gasteiger partial charge in [0, 0.05) is 12.1 Å². The number of nitrogens with zero attached hydrogens (tertiary/aromatic N) is 2. The topological polar surface area (TPSA) is 67.3 Å². The van der Waals surface area contributed by atoms with Crippen molar-refractivity contribution < 1.29 is 9.84 Å². The van der Waals surface area contributed by atoms with E-state index >= 15 is 0 Å². The van der Waals surface area contributed by atoms with Crippen molar-refractivity contribution in [3.8, 4) is 17.0 Å². The van der Waals surface area contributed by atoms with Gasteiger partial charge in [0.05, 0.1) is 17.9 Å². The van der Waals surface area contributed by atoms with Crippen molar-refractivity contribution >= 4 is 5.82 Å². The Morgan fingerprint density at radius 3 is 2.82 bits per heavy atom. The summed E-state index contributed by atoms with van der Waals surface area (Å²) in [5.74, 6) is 1.74. The summed E-state index contributed by atoms with van der Waals surface area (Å²) in [6, 6.07) is 9.15. The van der Waals surface area contributed by atoms with Gasteiger partial charge in [-0.2, -0.15) is 0 Å². The first-order valence-corrected chi connectivity index (χ1v) is 7.66. The number of rotatable bonds is 4. The normalized spacial score (nSPS) is 25.8. The summed E-state index contributed by atoms with van der Waals surface area (Å²) in [4.78, 5) is 0. The van der Waals surface area contributed by atoms with Crippen LogP contribution in [0, 0.1) is 12.8 Å². The minimum absolute atomic E-state index is 0.0244. The van der Waals surface area contributed by atoms with Crippen LogP contribution in [0.5, 0.6) is 5.75 Å². The summed E-state index contributed by atoms with van der Waals surface area (Å²) in [6.07, 6.45) is 2.31. The van der Waals surface area contributed by atoms with Gasteiger partial charge in [-0.25, -0.2) is 0 Å². The lowest BCUT2D eigenvalue weighted by molar-refractivity contribution is 0.0144. The second-order valence-electron chi connectivity index (χ2n) is 6.40. The van der Waals surface area contributed by atoms with Crippen LogP contribution >= 0.6 is 0 Å². The molecule has 3 aliphatic rings. The minimum Gasteiger partial charge on any atom is -0.507 e. The molecule has 0 spiro atoms. The number of ether oxygens (including phenoxy) is 1. The van der Waals surface area contributed by atoms with Crippen LogP contribution in [0.4, 0.5) is 5.82 Å². The Kier molecular flexibility index (Phi) is 3.04. The summed E-state index contributed by atoms with van der Waals surface area (Å²) >= 11 is 0. The maximum Gasteiger partial charge on any atom is 0.149 e. The molecule has 1 aliphatic carbocycles. The molecule has 3 fully saturated rings. The van der Waals surface area contributed by atoms with Gasteiger partial charge in [-0.1, -0.05) is 12.1 Å². The van der Waals surface area contributed by atoms with Crippen LogP contribution in [0.25, 0.3) is 11.3 Å². The molecule has 0 atom stereocenters. The number of aromatic hydroxyl groups is 1. The molecule has 1 aromatic carbocycles. The van der Waals surface area contributed by atoms with E-state index in [1.165, 1.54) is 0 Å². The SMILES string of the molecule is Cc1cc(NCC23CC(CO2)C3)nnc1-c1ccccc1O. The number of fused-ring (bicyclic) bond motifs is 1. The van der Waals surface area contributed by atoms with Gasteiger partial charge in [0.15, 0.2) is 0 Å². The van der Waals surface area contributed by atoms with E-state index in [1.807, 2.05) is 25.1 Å². The first-order chi connectivity index (χ1) is 10.7. The molecule has 1 saturated carbocycles. The molecular weight excluding hydrogens is 278 g/mol. The maximum atomic E-state index is 9.94. The molecular formula is C17H19N3O2. The van der Waals surface area contributed by atoms with Crippen molar-refractivity contribution in [2.45, 2.75) is 25.4 Å². The predicted molar refractivity (Wildman–Crippen MR) is 83.8 cm³/mol. The average molecular weight is 297 g/mol. The van der Waals surface area contributed by atoms with E-state index in [1.54, 1.807) is 12.1 Å². The highest BCUT2D eigenvalue weighted by molar-refractivity contribution is 5.69. The van der Waals surface area contributed by atoms with Crippen LogP contribution in [-0.2, 0) is 4.74 Å². The van der Waals surface area contributed by atoms with E-state index in [4.69, 9.17) is 4.74 Å². The highest BCUT2D eigenvalue weighted by Crippen LogP contribution is 2.48. The molecule has 0 radical (unpaired) electrons. The van der Waals surface area contributed by atoms with E-state index in [0.29, 0.717) is 11.3 Å². The summed E-state index contributed by atoms with van der Waals surface area (Å²) < 4.78 is 5.83. The Morgan fingerprint density at radius 1 is 1.32 bits per heavy atom. The zero-order valence-electron chi connectivity index (χ0n) is 12.5. The van der Waals surface area contributed by atoms with Gasteiger partial charge in [0.2, 0.25) is 0 Å².